The molecule has 15 nitrogen and oxygen atoms in total. The Morgan fingerprint density at radius 2 is 1.74 bits per heavy atom. The number of carbonyl (C=O) groups is 4. The molecule has 4 N–H and O–H groups in total. The van der Waals surface area contributed by atoms with Crippen LogP contribution in [0.5, 0.6) is 0 Å². The van der Waals surface area contributed by atoms with Gasteiger partial charge in [-0.25, -0.2) is 23.1 Å². The van der Waals surface area contributed by atoms with Crippen LogP contribution in [0.4, 0.5) is 18.9 Å². The number of anilines is 1. The van der Waals surface area contributed by atoms with Gasteiger partial charge in [0.1, 0.15) is 29.7 Å². The van der Waals surface area contributed by atoms with E-state index in [1.54, 1.807) is 34.8 Å². The van der Waals surface area contributed by atoms with Crippen LogP contribution in [0.25, 0.3) is 32.6 Å². The average Bonchev–Trinajstić information content (AvgIpc) is 4.24. The van der Waals surface area contributed by atoms with E-state index in [4.69, 9.17) is 0 Å². The number of pyridine rings is 1. The summed E-state index contributed by atoms with van der Waals surface area (Å²) >= 11 is 1.51. The number of H-pyrrole nitrogens is 1. The number of alkyl halides is 1. The lowest BCUT2D eigenvalue weighted by Crippen LogP contribution is -2.55. The van der Waals surface area contributed by atoms with Crippen molar-refractivity contribution in [3.63, 3.8) is 0 Å². The molecule has 4 aromatic carbocycles. The number of aromatic amines is 1. The van der Waals surface area contributed by atoms with E-state index in [0.29, 0.717) is 24.0 Å². The molecule has 6 heterocycles. The van der Waals surface area contributed by atoms with Crippen molar-refractivity contribution in [3.8, 4) is 21.6 Å². The van der Waals surface area contributed by atoms with Crippen LogP contribution in [0.15, 0.2) is 103 Å². The molecule has 2 fully saturated rings. The van der Waals surface area contributed by atoms with Gasteiger partial charge in [0, 0.05) is 73.6 Å². The summed E-state index contributed by atoms with van der Waals surface area (Å²) in [6, 6.07) is 22.4. The second kappa shape index (κ2) is 20.3. The van der Waals surface area contributed by atoms with Crippen molar-refractivity contribution in [2.24, 2.45) is 5.92 Å². The zero-order chi connectivity index (χ0) is 52.2. The first-order valence-electron chi connectivity index (χ1n) is 24.1. The highest BCUT2D eigenvalue weighted by Gasteiger charge is 2.46. The predicted molar refractivity (Wildman–Crippen MR) is 277 cm³/mol. The Kier molecular flexibility index (Phi) is 13.8. The summed E-state index contributed by atoms with van der Waals surface area (Å²) < 4.78 is 73.7. The van der Waals surface area contributed by atoms with E-state index in [0.717, 1.165) is 54.6 Å². The van der Waals surface area contributed by atoms with Gasteiger partial charge in [-0.1, -0.05) is 85.4 Å². The lowest BCUT2D eigenvalue weighted by atomic mass is 9.62. The summed E-state index contributed by atoms with van der Waals surface area (Å²) in [5.41, 5.74) is 7.45. The minimum absolute atomic E-state index is 0.0215. The average molecular weight is 1040 g/mol. The fourth-order valence-corrected chi connectivity index (χ4v) is 12.3. The lowest BCUT2D eigenvalue weighted by molar-refractivity contribution is -0.143. The molecule has 0 aliphatic carbocycles. The van der Waals surface area contributed by atoms with Crippen molar-refractivity contribution in [2.45, 2.75) is 71.1 Å². The Hall–Kier alpha value is -7.20. The largest absolute Gasteiger partial charge is 0.391 e. The third kappa shape index (κ3) is 9.71. The number of benzene rings is 4. The Balaban J connectivity index is 0.868. The van der Waals surface area contributed by atoms with Gasteiger partial charge in [0.05, 0.1) is 33.4 Å². The van der Waals surface area contributed by atoms with Crippen LogP contribution in [0.3, 0.4) is 0 Å². The normalized spacial score (nSPS) is 18.3. The molecule has 3 aliphatic heterocycles. The molecule has 2 saturated heterocycles. The first kappa shape index (κ1) is 50.3. The number of halogens is 3. The number of ketones is 1. The number of β-amino-alcohol motifs (C(OH)–C–C–N with tert-alkyl or cyclic N) is 1. The number of likely N-dealkylation sites (tertiary alicyclic amines) is 1. The van der Waals surface area contributed by atoms with Gasteiger partial charge in [-0.15, -0.1) is 11.3 Å². The summed E-state index contributed by atoms with van der Waals surface area (Å²) in [7, 11) is -3.96. The van der Waals surface area contributed by atoms with Crippen molar-refractivity contribution < 1.29 is 45.9 Å². The molecule has 7 aromatic rings. The number of aliphatic hydroxyl groups excluding tert-OH is 1. The topological polar surface area (TPSA) is 198 Å². The lowest BCUT2D eigenvalue weighted by Gasteiger charge is -2.35. The molecule has 0 spiro atoms. The number of amides is 3. The van der Waals surface area contributed by atoms with Crippen LogP contribution < -0.4 is 21.0 Å². The van der Waals surface area contributed by atoms with Crippen LogP contribution in [0.2, 0.25) is 0 Å². The third-order valence-electron chi connectivity index (χ3n) is 14.0. The van der Waals surface area contributed by atoms with E-state index in [2.05, 4.69) is 26.3 Å². The van der Waals surface area contributed by atoms with Crippen molar-refractivity contribution in [2.75, 3.05) is 24.4 Å². The number of thiazole rings is 1. The van der Waals surface area contributed by atoms with E-state index in [-0.39, 0.29) is 73.3 Å². The molecule has 0 bridgehead atoms. The number of nitrogens with one attached hydrogen (secondary N) is 3. The quantitative estimate of drug-likeness (QED) is 0.0756. The summed E-state index contributed by atoms with van der Waals surface area (Å²) in [5.74, 6) is -5.01. The van der Waals surface area contributed by atoms with Crippen molar-refractivity contribution in [1.82, 2.24) is 34.4 Å². The molecule has 74 heavy (non-hydrogen) atoms. The molecule has 0 unspecified atom stereocenters. The summed E-state index contributed by atoms with van der Waals surface area (Å²) in [6.07, 6.45) is 0.591. The van der Waals surface area contributed by atoms with Crippen LogP contribution >= 0.6 is 11.3 Å². The van der Waals surface area contributed by atoms with Crippen molar-refractivity contribution in [3.05, 3.63) is 148 Å². The van der Waals surface area contributed by atoms with Gasteiger partial charge in [-0.2, -0.15) is 12.7 Å². The second-order valence-corrected chi connectivity index (χ2v) is 21.8. The first-order valence-corrected chi connectivity index (χ1v) is 26.5. The van der Waals surface area contributed by atoms with Gasteiger partial charge >= 0.3 is 10.2 Å². The number of aryl methyl sites for hydroxylation is 1. The van der Waals surface area contributed by atoms with E-state index in [9.17, 15) is 37.1 Å². The number of rotatable bonds is 15. The van der Waals surface area contributed by atoms with Gasteiger partial charge in [0.25, 0.3) is 5.91 Å². The molecular weight excluding hydrogens is 993 g/mol. The molecule has 380 valence electrons. The number of carbonyl (C=O) groups excluding carboxylic acids is 4. The summed E-state index contributed by atoms with van der Waals surface area (Å²) in [4.78, 5) is 71.7. The SMILES string of the molecule is Cc1ncsc1-c1ccc(CNC(=O)[C@@H]2C[C@@H](O)CN2C(=O)[C@H](C(C)C)N2Cc3ccccc3C2=O)c(Bc2ccc(-c3cnc4[nH]cc(C(=O)c5c(F)ccc(NS(=O)(=O)N6CC[C@@H](F)C6)c5F)c4c3)cc2)c1. The van der Waals surface area contributed by atoms with E-state index >= 15 is 8.78 Å². The van der Waals surface area contributed by atoms with Gasteiger partial charge in [-0.05, 0) is 65.8 Å². The highest BCUT2D eigenvalue weighted by Crippen LogP contribution is 2.33. The maximum atomic E-state index is 15.9. The van der Waals surface area contributed by atoms with Gasteiger partial charge in [0.2, 0.25) is 17.6 Å². The third-order valence-corrected chi connectivity index (χ3v) is 16.5. The molecule has 0 radical (unpaired) electrons. The molecule has 4 atom stereocenters. The van der Waals surface area contributed by atoms with Crippen molar-refractivity contribution >= 4 is 80.0 Å². The number of aromatic nitrogens is 3. The molecule has 21 heteroatoms. The zero-order valence-electron chi connectivity index (χ0n) is 40.4. The van der Waals surface area contributed by atoms with Gasteiger partial charge < -0.3 is 25.2 Å². The van der Waals surface area contributed by atoms with Crippen LogP contribution in [-0.2, 0) is 32.9 Å². The Labute approximate surface area is 429 Å². The monoisotopic (exact) mass is 1040 g/mol. The minimum atomic E-state index is -4.40. The fourth-order valence-electron chi connectivity index (χ4n) is 10.2. The van der Waals surface area contributed by atoms with Crippen LogP contribution in [-0.4, -0.2) is 117 Å². The highest BCUT2D eigenvalue weighted by atomic mass is 32.2. The smallest absolute Gasteiger partial charge is 0.301 e. The number of hydrogen-bond acceptors (Lipinski definition) is 10. The van der Waals surface area contributed by atoms with E-state index in [1.807, 2.05) is 74.0 Å². The molecular formula is C53H50BF3N8O7S2. The first-order chi connectivity index (χ1) is 35.4. The number of aliphatic hydroxyl groups is 1. The summed E-state index contributed by atoms with van der Waals surface area (Å²) in [5, 5.41) is 14.2. The number of hydrogen-bond donors (Lipinski definition) is 4. The molecule has 3 aromatic heterocycles. The van der Waals surface area contributed by atoms with Crippen LogP contribution in [0, 0.1) is 24.5 Å². The molecule has 10 rings (SSSR count). The van der Waals surface area contributed by atoms with E-state index < -0.39 is 75.7 Å². The fraction of sp³-hybridized carbons (Fsp3) is 0.283. The second-order valence-electron chi connectivity index (χ2n) is 19.3. The Morgan fingerprint density at radius 3 is 2.46 bits per heavy atom. The Morgan fingerprint density at radius 1 is 0.973 bits per heavy atom. The van der Waals surface area contributed by atoms with E-state index in [1.165, 1.54) is 22.4 Å². The molecule has 0 saturated carbocycles. The van der Waals surface area contributed by atoms with Crippen molar-refractivity contribution in [1.29, 1.82) is 0 Å². The van der Waals surface area contributed by atoms with Gasteiger partial charge in [0.15, 0.2) is 13.1 Å². The molecule has 3 amide bonds. The predicted octanol–water partition coefficient (Wildman–Crippen LogP) is 5.52. The van der Waals surface area contributed by atoms with Gasteiger partial charge in [-0.3, -0.25) is 23.9 Å². The molecule has 3 aliphatic rings. The summed E-state index contributed by atoms with van der Waals surface area (Å²) in [6.45, 7) is 5.48. The zero-order valence-corrected chi connectivity index (χ0v) is 42.1. The maximum Gasteiger partial charge on any atom is 0.301 e. The minimum Gasteiger partial charge on any atom is -0.391 e. The number of nitrogens with zero attached hydrogens (tertiary/aromatic N) is 5. The highest BCUT2D eigenvalue weighted by molar-refractivity contribution is 7.90. The van der Waals surface area contributed by atoms with Crippen LogP contribution in [0.1, 0.15) is 69.8 Å². The number of fused-ring (bicyclic) bond motifs is 2. The standard InChI is InChI=1S/C53H50BF3N8O7S2/c1-28(2)47(65-24-33-6-4-5-7-38(33)52(65)69)53(70)64-26-37(66)20-44(64)51(68)60-21-32-9-8-31(49-29(3)61-27-73-49)19-41(32)54-35-12-10-30(11-13-35)34-18-39-40(23-59-50(39)58-22-34)48(67)45-42(56)14-15-43(46(45)57)62-74(71,72)63-17-16-36(55)25-63/h4-15,18-19,22-23,27-28,36-37,44,47,54,62,66H,16-17,20-21,24-26H2,1-3H3,(H,58,59)(H,60,68)/t36-,37-,44+,47+/m1/s1. The maximum absolute atomic E-state index is 15.9. The Bertz CT molecular complexity index is 3480.